The molecule has 0 atom stereocenters. The minimum atomic E-state index is -0.647. The third-order valence-electron chi connectivity index (χ3n) is 2.07. The van der Waals surface area contributed by atoms with E-state index in [4.69, 9.17) is 0 Å². The first-order valence-corrected chi connectivity index (χ1v) is 4.83. The van der Waals surface area contributed by atoms with Crippen molar-refractivity contribution in [2.75, 3.05) is 14.1 Å². The van der Waals surface area contributed by atoms with Crippen molar-refractivity contribution < 1.29 is 9.18 Å². The van der Waals surface area contributed by atoms with Gasteiger partial charge in [-0.15, -0.1) is 0 Å². The zero-order valence-corrected chi connectivity index (χ0v) is 9.33. The molecule has 0 unspecified atom stereocenters. The van der Waals surface area contributed by atoms with E-state index in [2.05, 4.69) is 15.1 Å². The number of rotatable bonds is 2. The Morgan fingerprint density at radius 2 is 2.18 bits per heavy atom. The van der Waals surface area contributed by atoms with Crippen LogP contribution in [0.15, 0.2) is 24.7 Å². The van der Waals surface area contributed by atoms with Gasteiger partial charge in [0.2, 0.25) is 5.95 Å². The smallest absolute Gasteiger partial charge is 0.273 e. The standard InChI is InChI=1S/C10H10FN5O/c1-15(2)10(17)7-3-4-16(14-7)9-5-8(11)12-6-13-9/h3-6H,1-2H3. The van der Waals surface area contributed by atoms with Crippen LogP contribution in [0, 0.1) is 5.95 Å². The second-order valence-corrected chi connectivity index (χ2v) is 3.54. The van der Waals surface area contributed by atoms with E-state index in [0.29, 0.717) is 0 Å². The lowest BCUT2D eigenvalue weighted by molar-refractivity contribution is 0.0821. The maximum absolute atomic E-state index is 12.9. The Morgan fingerprint density at radius 3 is 2.82 bits per heavy atom. The van der Waals surface area contributed by atoms with Crippen LogP contribution in [0.5, 0.6) is 0 Å². The summed E-state index contributed by atoms with van der Waals surface area (Å²) in [5, 5.41) is 4.01. The molecule has 1 amide bonds. The van der Waals surface area contributed by atoms with Crippen LogP contribution in [0.2, 0.25) is 0 Å². The minimum Gasteiger partial charge on any atom is -0.343 e. The van der Waals surface area contributed by atoms with E-state index < -0.39 is 5.95 Å². The van der Waals surface area contributed by atoms with Crippen LogP contribution in [0.1, 0.15) is 10.5 Å². The molecule has 6 nitrogen and oxygen atoms in total. The molecule has 0 N–H and O–H groups in total. The molecule has 7 heteroatoms. The highest BCUT2D eigenvalue weighted by atomic mass is 19.1. The molecule has 0 aliphatic rings. The van der Waals surface area contributed by atoms with Crippen molar-refractivity contribution in [3.05, 3.63) is 36.3 Å². The van der Waals surface area contributed by atoms with Crippen LogP contribution < -0.4 is 0 Å². The maximum atomic E-state index is 12.9. The Bertz CT molecular complexity index is 551. The van der Waals surface area contributed by atoms with Gasteiger partial charge in [-0.3, -0.25) is 4.79 Å². The summed E-state index contributed by atoms with van der Waals surface area (Å²) in [6.45, 7) is 0. The number of halogens is 1. The van der Waals surface area contributed by atoms with Crippen molar-refractivity contribution in [2.45, 2.75) is 0 Å². The average molecular weight is 235 g/mol. The van der Waals surface area contributed by atoms with Gasteiger partial charge in [-0.25, -0.2) is 14.6 Å². The van der Waals surface area contributed by atoms with Crippen molar-refractivity contribution in [2.24, 2.45) is 0 Å². The maximum Gasteiger partial charge on any atom is 0.273 e. The van der Waals surface area contributed by atoms with Gasteiger partial charge in [0, 0.05) is 26.4 Å². The van der Waals surface area contributed by atoms with E-state index in [0.717, 1.165) is 12.4 Å². The summed E-state index contributed by atoms with van der Waals surface area (Å²) in [6, 6.07) is 2.68. The van der Waals surface area contributed by atoms with Gasteiger partial charge in [0.1, 0.15) is 6.33 Å². The number of amides is 1. The highest BCUT2D eigenvalue weighted by Crippen LogP contribution is 2.06. The molecular weight excluding hydrogens is 225 g/mol. The molecule has 0 saturated carbocycles. The van der Waals surface area contributed by atoms with E-state index in [1.807, 2.05) is 0 Å². The molecular formula is C10H10FN5O. The van der Waals surface area contributed by atoms with Crippen LogP contribution in [0.25, 0.3) is 5.82 Å². The molecule has 0 fully saturated rings. The molecule has 2 aromatic rings. The molecule has 88 valence electrons. The zero-order chi connectivity index (χ0) is 12.4. The van der Waals surface area contributed by atoms with Crippen molar-refractivity contribution in [3.8, 4) is 5.82 Å². The normalized spacial score (nSPS) is 10.3. The van der Waals surface area contributed by atoms with E-state index in [9.17, 15) is 9.18 Å². The molecule has 0 aromatic carbocycles. The number of carbonyl (C=O) groups is 1. The van der Waals surface area contributed by atoms with E-state index >= 15 is 0 Å². The third kappa shape index (κ3) is 2.27. The summed E-state index contributed by atoms with van der Waals surface area (Å²) in [6.07, 6.45) is 2.64. The first-order chi connectivity index (χ1) is 8.08. The summed E-state index contributed by atoms with van der Waals surface area (Å²) in [5.74, 6) is -0.598. The Hall–Kier alpha value is -2.31. The van der Waals surface area contributed by atoms with Crippen molar-refractivity contribution in [3.63, 3.8) is 0 Å². The zero-order valence-electron chi connectivity index (χ0n) is 9.33. The van der Waals surface area contributed by atoms with Crippen LogP contribution in [0.3, 0.4) is 0 Å². The number of carbonyl (C=O) groups excluding carboxylic acids is 1. The molecule has 0 spiro atoms. The molecule has 0 radical (unpaired) electrons. The highest BCUT2D eigenvalue weighted by molar-refractivity contribution is 5.91. The number of hydrogen-bond acceptors (Lipinski definition) is 4. The largest absolute Gasteiger partial charge is 0.343 e. The first kappa shape index (κ1) is 11.2. The van der Waals surface area contributed by atoms with Gasteiger partial charge in [-0.05, 0) is 6.07 Å². The lowest BCUT2D eigenvalue weighted by Gasteiger charge is -2.06. The Kier molecular flexibility index (Phi) is 2.82. The van der Waals surface area contributed by atoms with Gasteiger partial charge in [-0.1, -0.05) is 0 Å². The quantitative estimate of drug-likeness (QED) is 0.711. The molecule has 2 heterocycles. The number of hydrogen-bond donors (Lipinski definition) is 0. The second-order valence-electron chi connectivity index (χ2n) is 3.54. The van der Waals surface area contributed by atoms with Gasteiger partial charge in [0.15, 0.2) is 11.5 Å². The summed E-state index contributed by atoms with van der Waals surface area (Å²) < 4.78 is 14.2. The van der Waals surface area contributed by atoms with Gasteiger partial charge in [0.05, 0.1) is 0 Å². The van der Waals surface area contributed by atoms with E-state index in [-0.39, 0.29) is 17.4 Å². The first-order valence-electron chi connectivity index (χ1n) is 4.83. The Morgan fingerprint density at radius 1 is 1.41 bits per heavy atom. The molecule has 0 saturated heterocycles. The molecule has 0 bridgehead atoms. The van der Waals surface area contributed by atoms with Crippen LogP contribution in [0.4, 0.5) is 4.39 Å². The van der Waals surface area contributed by atoms with Crippen LogP contribution in [-0.2, 0) is 0 Å². The summed E-state index contributed by atoms with van der Waals surface area (Å²) in [4.78, 5) is 20.2. The van der Waals surface area contributed by atoms with Crippen LogP contribution >= 0.6 is 0 Å². The van der Waals surface area contributed by atoms with Crippen molar-refractivity contribution >= 4 is 5.91 Å². The SMILES string of the molecule is CN(C)C(=O)c1ccn(-c2cc(F)ncn2)n1. The number of nitrogens with zero attached hydrogens (tertiary/aromatic N) is 5. The summed E-state index contributed by atoms with van der Waals surface area (Å²) in [5.41, 5.74) is 0.272. The van der Waals surface area contributed by atoms with Crippen molar-refractivity contribution in [1.82, 2.24) is 24.6 Å². The summed E-state index contributed by atoms with van der Waals surface area (Å²) in [7, 11) is 3.26. The topological polar surface area (TPSA) is 63.9 Å². The average Bonchev–Trinajstić information content (AvgIpc) is 2.77. The Balaban J connectivity index is 2.33. The molecule has 0 aliphatic heterocycles. The van der Waals surface area contributed by atoms with Gasteiger partial charge < -0.3 is 4.90 Å². The number of aromatic nitrogens is 4. The fraction of sp³-hybridized carbons (Fsp3) is 0.200. The highest BCUT2D eigenvalue weighted by Gasteiger charge is 2.12. The minimum absolute atomic E-state index is 0.224. The van der Waals surface area contributed by atoms with Gasteiger partial charge >= 0.3 is 0 Å². The fourth-order valence-corrected chi connectivity index (χ4v) is 1.24. The second kappa shape index (κ2) is 4.28. The lowest BCUT2D eigenvalue weighted by Crippen LogP contribution is -2.22. The van der Waals surface area contributed by atoms with Gasteiger partial charge in [0.25, 0.3) is 5.91 Å². The predicted octanol–water partition coefficient (Wildman–Crippen LogP) is 0.503. The monoisotopic (exact) mass is 235 g/mol. The van der Waals surface area contributed by atoms with Gasteiger partial charge in [-0.2, -0.15) is 9.49 Å². The molecule has 2 rings (SSSR count). The molecule has 2 aromatic heterocycles. The van der Waals surface area contributed by atoms with Crippen molar-refractivity contribution in [1.29, 1.82) is 0 Å². The summed E-state index contributed by atoms with van der Waals surface area (Å²) >= 11 is 0. The molecule has 17 heavy (non-hydrogen) atoms. The predicted molar refractivity (Wildman–Crippen MR) is 57.1 cm³/mol. The molecule has 0 aliphatic carbocycles. The van der Waals surface area contributed by atoms with Crippen LogP contribution in [-0.4, -0.2) is 44.7 Å². The third-order valence-corrected chi connectivity index (χ3v) is 2.07. The lowest BCUT2D eigenvalue weighted by atomic mass is 10.4. The Labute approximate surface area is 96.7 Å². The van der Waals surface area contributed by atoms with E-state index in [1.54, 1.807) is 26.4 Å². The van der Waals surface area contributed by atoms with E-state index in [1.165, 1.54) is 9.58 Å². The fourth-order valence-electron chi connectivity index (χ4n) is 1.24.